The molecule has 0 amide bonds. The van der Waals surface area contributed by atoms with Gasteiger partial charge in [0.15, 0.2) is 0 Å². The van der Waals surface area contributed by atoms with Gasteiger partial charge in [-0.15, -0.1) is 0 Å². The largest absolute Gasteiger partial charge is 0.420 e. The summed E-state index contributed by atoms with van der Waals surface area (Å²) in [5, 5.41) is 3.48. The van der Waals surface area contributed by atoms with Crippen LogP contribution in [0.15, 0.2) is 64.6 Å². The van der Waals surface area contributed by atoms with Crippen molar-refractivity contribution in [3.05, 3.63) is 60.3 Å². The lowest BCUT2D eigenvalue weighted by atomic mass is 10.2. The number of hydrogen-bond acceptors (Lipinski definition) is 7. The first-order chi connectivity index (χ1) is 16.5. The maximum atomic E-state index is 13.6. The summed E-state index contributed by atoms with van der Waals surface area (Å²) >= 11 is 0.895. The monoisotopic (exact) mass is 521 g/mol. The van der Waals surface area contributed by atoms with E-state index in [1.54, 1.807) is 37.6 Å². The maximum absolute atomic E-state index is 13.6. The minimum atomic E-state index is -4.59. The molecule has 4 rings (SSSR count). The fourth-order valence-corrected chi connectivity index (χ4v) is 5.41. The summed E-state index contributed by atoms with van der Waals surface area (Å²) < 4.78 is 53.1. The zero-order chi connectivity index (χ0) is 25.2. The number of nitrogens with zero attached hydrogens (tertiary/aromatic N) is 4. The van der Waals surface area contributed by atoms with Crippen molar-refractivity contribution in [1.82, 2.24) is 14.9 Å². The molecule has 0 bridgehead atoms. The van der Waals surface area contributed by atoms with Gasteiger partial charge in [-0.3, -0.25) is 0 Å². The summed E-state index contributed by atoms with van der Waals surface area (Å²) in [6.45, 7) is 7.19. The number of rotatable bonds is 6. The molecule has 186 valence electrons. The van der Waals surface area contributed by atoms with Gasteiger partial charge in [-0.25, -0.2) is 9.97 Å². The normalized spacial score (nSPS) is 15.3. The summed E-state index contributed by atoms with van der Waals surface area (Å²) in [4.78, 5) is 13.2. The van der Waals surface area contributed by atoms with Crippen LogP contribution in [0.25, 0.3) is 0 Å². The molecular weight excluding hydrogens is 494 g/mol. The predicted octanol–water partition coefficient (Wildman–Crippen LogP) is 5.39. The van der Waals surface area contributed by atoms with E-state index in [9.17, 15) is 17.7 Å². The standard InChI is InChI=1S/C24H27F3N5OPS/c1-31-12-14-32(15-13-31)18-6-4-17(5-7-18)29-23-28-16-21(24(25,26)27)22(30-23)35-20-10-8-19(9-11-20)34(2,3)33/h4-11,16H,12-15H2,1-3H3,(H,28,29,30). The van der Waals surface area contributed by atoms with E-state index in [0.29, 0.717) is 15.9 Å². The Kier molecular flexibility index (Phi) is 7.45. The topological polar surface area (TPSA) is 61.4 Å². The third-order valence-electron chi connectivity index (χ3n) is 5.72. The minimum absolute atomic E-state index is 0.0797. The van der Waals surface area contributed by atoms with Crippen LogP contribution < -0.4 is 15.5 Å². The first kappa shape index (κ1) is 25.5. The summed E-state index contributed by atoms with van der Waals surface area (Å²) in [5.74, 6) is 0.0797. The molecule has 1 aliphatic heterocycles. The molecular formula is C24H27F3N5OPS. The fraction of sp³-hybridized carbons (Fsp3) is 0.333. The van der Waals surface area contributed by atoms with Crippen molar-refractivity contribution < 1.29 is 17.7 Å². The van der Waals surface area contributed by atoms with E-state index in [1.165, 1.54) is 0 Å². The Morgan fingerprint density at radius 3 is 2.17 bits per heavy atom. The lowest BCUT2D eigenvalue weighted by Gasteiger charge is -2.34. The van der Waals surface area contributed by atoms with Gasteiger partial charge in [0.1, 0.15) is 17.7 Å². The summed E-state index contributed by atoms with van der Waals surface area (Å²) in [6, 6.07) is 14.4. The second-order valence-electron chi connectivity index (χ2n) is 8.82. The van der Waals surface area contributed by atoms with Crippen LogP contribution in [0.2, 0.25) is 0 Å². The van der Waals surface area contributed by atoms with Gasteiger partial charge in [0.2, 0.25) is 5.95 Å². The molecule has 1 aliphatic rings. The Hall–Kier alpha value is -2.55. The molecule has 35 heavy (non-hydrogen) atoms. The molecule has 2 heterocycles. The van der Waals surface area contributed by atoms with E-state index in [-0.39, 0.29) is 11.0 Å². The number of alkyl halides is 3. The van der Waals surface area contributed by atoms with Gasteiger partial charge in [-0.2, -0.15) is 13.2 Å². The molecule has 0 aliphatic carbocycles. The van der Waals surface area contributed by atoms with Gasteiger partial charge in [0, 0.05) is 54.0 Å². The van der Waals surface area contributed by atoms with E-state index < -0.39 is 18.9 Å². The Balaban J connectivity index is 1.53. The molecule has 1 fully saturated rings. The number of benzene rings is 2. The number of anilines is 3. The maximum Gasteiger partial charge on any atom is 0.420 e. The van der Waals surface area contributed by atoms with Crippen LogP contribution in [0.1, 0.15) is 5.56 Å². The van der Waals surface area contributed by atoms with Crippen LogP contribution in [-0.4, -0.2) is 61.4 Å². The lowest BCUT2D eigenvalue weighted by molar-refractivity contribution is -0.140. The average Bonchev–Trinajstić information content (AvgIpc) is 2.79. The van der Waals surface area contributed by atoms with Gasteiger partial charge in [-0.05, 0) is 56.8 Å². The van der Waals surface area contributed by atoms with Crippen molar-refractivity contribution in [3.63, 3.8) is 0 Å². The van der Waals surface area contributed by atoms with Crippen LogP contribution in [-0.2, 0) is 10.7 Å². The van der Waals surface area contributed by atoms with Crippen molar-refractivity contribution in [2.45, 2.75) is 16.1 Å². The highest BCUT2D eigenvalue weighted by molar-refractivity contribution is 7.99. The molecule has 11 heteroatoms. The minimum Gasteiger partial charge on any atom is -0.369 e. The van der Waals surface area contributed by atoms with Gasteiger partial charge < -0.3 is 19.7 Å². The number of likely N-dealkylation sites (N-methyl/N-ethyl adjacent to an activating group) is 1. The molecule has 0 unspecified atom stereocenters. The molecule has 0 radical (unpaired) electrons. The molecule has 2 aromatic carbocycles. The van der Waals surface area contributed by atoms with Crippen LogP contribution in [0.4, 0.5) is 30.5 Å². The average molecular weight is 522 g/mol. The van der Waals surface area contributed by atoms with E-state index >= 15 is 0 Å². The van der Waals surface area contributed by atoms with E-state index in [2.05, 4.69) is 32.1 Å². The highest BCUT2D eigenvalue weighted by Crippen LogP contribution is 2.40. The smallest absolute Gasteiger partial charge is 0.369 e. The number of piperazine rings is 1. The zero-order valence-corrected chi connectivity index (χ0v) is 21.4. The molecule has 1 N–H and O–H groups in total. The van der Waals surface area contributed by atoms with Gasteiger partial charge in [0.05, 0.1) is 0 Å². The Bertz CT molecular complexity index is 1210. The van der Waals surface area contributed by atoms with Crippen LogP contribution in [0, 0.1) is 0 Å². The van der Waals surface area contributed by atoms with Gasteiger partial charge in [0.25, 0.3) is 0 Å². The number of halogens is 3. The summed E-state index contributed by atoms with van der Waals surface area (Å²) in [6.07, 6.45) is -3.79. The lowest BCUT2D eigenvalue weighted by Crippen LogP contribution is -2.44. The number of aromatic nitrogens is 2. The second kappa shape index (κ2) is 10.2. The SMILES string of the molecule is CN1CCN(c2ccc(Nc3ncc(C(F)(F)F)c(Sc4ccc(P(C)(C)=O)cc4)n3)cc2)CC1. The zero-order valence-electron chi connectivity index (χ0n) is 19.7. The molecule has 0 saturated carbocycles. The molecule has 3 aromatic rings. The summed E-state index contributed by atoms with van der Waals surface area (Å²) in [7, 11) is -0.347. The number of hydrogen-bond donors (Lipinski definition) is 1. The second-order valence-corrected chi connectivity index (χ2v) is 13.1. The van der Waals surface area contributed by atoms with Crippen molar-refractivity contribution >= 4 is 41.5 Å². The van der Waals surface area contributed by atoms with Crippen molar-refractivity contribution in [1.29, 1.82) is 0 Å². The van der Waals surface area contributed by atoms with E-state index in [0.717, 1.165) is 49.8 Å². The number of nitrogens with one attached hydrogen (secondary N) is 1. The van der Waals surface area contributed by atoms with Gasteiger partial charge in [-0.1, -0.05) is 23.9 Å². The van der Waals surface area contributed by atoms with Crippen LogP contribution in [0.3, 0.4) is 0 Å². The highest BCUT2D eigenvalue weighted by Gasteiger charge is 2.35. The third kappa shape index (κ3) is 6.57. The van der Waals surface area contributed by atoms with Crippen LogP contribution in [0.5, 0.6) is 0 Å². The summed E-state index contributed by atoms with van der Waals surface area (Å²) in [5.41, 5.74) is 0.879. The first-order valence-electron chi connectivity index (χ1n) is 11.1. The quantitative estimate of drug-likeness (QED) is 0.345. The first-order valence-corrected chi connectivity index (χ1v) is 14.5. The van der Waals surface area contributed by atoms with Gasteiger partial charge >= 0.3 is 6.18 Å². The van der Waals surface area contributed by atoms with Crippen molar-refractivity contribution in [2.24, 2.45) is 0 Å². The predicted molar refractivity (Wildman–Crippen MR) is 136 cm³/mol. The highest BCUT2D eigenvalue weighted by atomic mass is 32.2. The third-order valence-corrected chi connectivity index (χ3v) is 8.28. The van der Waals surface area contributed by atoms with Crippen molar-refractivity contribution in [3.8, 4) is 0 Å². The molecule has 6 nitrogen and oxygen atoms in total. The Labute approximate surface area is 207 Å². The van der Waals surface area contributed by atoms with E-state index in [4.69, 9.17) is 0 Å². The molecule has 0 atom stereocenters. The fourth-order valence-electron chi connectivity index (χ4n) is 3.63. The Morgan fingerprint density at radius 2 is 1.60 bits per heavy atom. The molecule has 1 aromatic heterocycles. The van der Waals surface area contributed by atoms with Crippen LogP contribution >= 0.6 is 18.9 Å². The molecule has 1 saturated heterocycles. The molecule has 0 spiro atoms. The Morgan fingerprint density at radius 1 is 0.971 bits per heavy atom. The van der Waals surface area contributed by atoms with E-state index in [1.807, 2.05) is 24.3 Å². The van der Waals surface area contributed by atoms with Crippen molar-refractivity contribution in [2.75, 3.05) is 56.8 Å².